The lowest BCUT2D eigenvalue weighted by molar-refractivity contribution is -0.384. The molecule has 0 heterocycles. The Morgan fingerprint density at radius 2 is 1.73 bits per heavy atom. The molecule has 0 saturated heterocycles. The number of nitrogens with zero attached hydrogens (tertiary/aromatic N) is 2. The molecule has 1 aromatic carbocycles. The summed E-state index contributed by atoms with van der Waals surface area (Å²) in [4.78, 5) is 35.5. The molecule has 0 aliphatic heterocycles. The van der Waals surface area contributed by atoms with Crippen LogP contribution in [0, 0.1) is 10.1 Å². The van der Waals surface area contributed by atoms with Gasteiger partial charge in [0.2, 0.25) is 0 Å². The number of ether oxygens (including phenoxy) is 1. The first-order valence-electron chi connectivity index (χ1n) is 6.77. The van der Waals surface area contributed by atoms with Gasteiger partial charge < -0.3 is 9.64 Å². The maximum atomic E-state index is 12.3. The van der Waals surface area contributed by atoms with E-state index in [2.05, 4.69) is 0 Å². The second kappa shape index (κ2) is 6.55. The number of non-ortho nitro benzene ring substituents is 1. The Balaban J connectivity index is 2.83. The van der Waals surface area contributed by atoms with Crippen LogP contribution in [0.15, 0.2) is 24.3 Å². The van der Waals surface area contributed by atoms with Crippen molar-refractivity contribution in [2.45, 2.75) is 39.3 Å². The van der Waals surface area contributed by atoms with Crippen LogP contribution in [0.1, 0.15) is 38.1 Å². The lowest BCUT2D eigenvalue weighted by Crippen LogP contribution is -2.43. The summed E-state index contributed by atoms with van der Waals surface area (Å²) in [5.41, 5.74) is -0.445. The molecule has 7 heteroatoms. The summed E-state index contributed by atoms with van der Waals surface area (Å²) < 4.78 is 5.20. The van der Waals surface area contributed by atoms with Crippen molar-refractivity contribution < 1.29 is 19.2 Å². The van der Waals surface area contributed by atoms with E-state index < -0.39 is 22.7 Å². The Morgan fingerprint density at radius 3 is 2.14 bits per heavy atom. The van der Waals surface area contributed by atoms with Crippen molar-refractivity contribution in [3.63, 3.8) is 0 Å². The smallest absolute Gasteiger partial charge is 0.410 e. The summed E-state index contributed by atoms with van der Waals surface area (Å²) in [5, 5.41) is 10.6. The number of carbonyl (C=O) groups excluding carboxylic acids is 2. The van der Waals surface area contributed by atoms with Crippen molar-refractivity contribution in [2.24, 2.45) is 0 Å². The molecule has 1 unspecified atom stereocenters. The van der Waals surface area contributed by atoms with Gasteiger partial charge in [-0.3, -0.25) is 14.9 Å². The highest BCUT2D eigenvalue weighted by atomic mass is 16.6. The zero-order chi connectivity index (χ0) is 17.1. The van der Waals surface area contributed by atoms with E-state index in [1.807, 2.05) is 0 Å². The van der Waals surface area contributed by atoms with Gasteiger partial charge in [0.15, 0.2) is 5.78 Å². The van der Waals surface area contributed by atoms with Gasteiger partial charge in [0.25, 0.3) is 5.69 Å². The van der Waals surface area contributed by atoms with Gasteiger partial charge in [-0.1, -0.05) is 0 Å². The van der Waals surface area contributed by atoms with E-state index in [1.165, 1.54) is 36.2 Å². The zero-order valence-corrected chi connectivity index (χ0v) is 13.3. The van der Waals surface area contributed by atoms with Gasteiger partial charge in [0, 0.05) is 24.7 Å². The lowest BCUT2D eigenvalue weighted by atomic mass is 10.0. The molecule has 1 atom stereocenters. The number of nitro benzene ring substituents is 1. The molecular weight excluding hydrogens is 288 g/mol. The highest BCUT2D eigenvalue weighted by molar-refractivity contribution is 6.01. The fourth-order valence-corrected chi connectivity index (χ4v) is 1.66. The minimum atomic E-state index is -0.740. The predicted molar refractivity (Wildman–Crippen MR) is 80.9 cm³/mol. The molecule has 0 saturated carbocycles. The number of rotatable bonds is 4. The predicted octanol–water partition coefficient (Wildman–Crippen LogP) is 3.03. The van der Waals surface area contributed by atoms with Crippen molar-refractivity contribution in [1.29, 1.82) is 0 Å². The highest BCUT2D eigenvalue weighted by Crippen LogP contribution is 2.16. The molecular formula is C15H20N2O5. The number of Topliss-reactive ketones (excluding diaryl/α,β-unsaturated/α-hetero) is 1. The summed E-state index contributed by atoms with van der Waals surface area (Å²) in [6.07, 6.45) is -0.602. The Morgan fingerprint density at radius 1 is 1.23 bits per heavy atom. The van der Waals surface area contributed by atoms with Crippen LogP contribution in [0.3, 0.4) is 0 Å². The topological polar surface area (TPSA) is 89.8 Å². The number of hydrogen-bond acceptors (Lipinski definition) is 5. The van der Waals surface area contributed by atoms with Crippen LogP contribution in [0.5, 0.6) is 0 Å². The van der Waals surface area contributed by atoms with Crippen molar-refractivity contribution in [3.05, 3.63) is 39.9 Å². The molecule has 0 aromatic heterocycles. The highest BCUT2D eigenvalue weighted by Gasteiger charge is 2.27. The minimum absolute atomic E-state index is 0.0929. The standard InChI is InChI=1S/C15H20N2O5/c1-10(16(5)14(19)22-15(2,3)4)13(18)11-6-8-12(9-7-11)17(20)21/h6-10H,1-5H3. The first kappa shape index (κ1) is 17.6. The van der Waals surface area contributed by atoms with Crippen LogP contribution in [0.2, 0.25) is 0 Å². The number of likely N-dealkylation sites (N-methyl/N-ethyl adjacent to an activating group) is 1. The molecule has 1 rings (SSSR count). The van der Waals surface area contributed by atoms with Gasteiger partial charge in [-0.25, -0.2) is 4.79 Å². The lowest BCUT2D eigenvalue weighted by Gasteiger charge is -2.28. The van der Waals surface area contributed by atoms with E-state index in [1.54, 1.807) is 27.7 Å². The molecule has 0 aliphatic carbocycles. The molecule has 0 spiro atoms. The van der Waals surface area contributed by atoms with Crippen LogP contribution < -0.4 is 0 Å². The molecule has 0 fully saturated rings. The Bertz CT molecular complexity index is 575. The maximum Gasteiger partial charge on any atom is 0.410 e. The molecule has 0 radical (unpaired) electrons. The third kappa shape index (κ3) is 4.54. The fourth-order valence-electron chi connectivity index (χ4n) is 1.66. The quantitative estimate of drug-likeness (QED) is 0.484. The number of nitro groups is 1. The summed E-state index contributed by atoms with van der Waals surface area (Å²) in [7, 11) is 1.47. The van der Waals surface area contributed by atoms with E-state index in [0.29, 0.717) is 5.56 Å². The van der Waals surface area contributed by atoms with Crippen LogP contribution in [-0.2, 0) is 4.74 Å². The average Bonchev–Trinajstić information content (AvgIpc) is 2.43. The van der Waals surface area contributed by atoms with Crippen molar-refractivity contribution >= 4 is 17.6 Å². The number of carbonyl (C=O) groups is 2. The van der Waals surface area contributed by atoms with E-state index in [4.69, 9.17) is 4.74 Å². The number of benzene rings is 1. The SMILES string of the molecule is CC(C(=O)c1ccc([N+](=O)[O-])cc1)N(C)C(=O)OC(C)(C)C. The maximum absolute atomic E-state index is 12.3. The van der Waals surface area contributed by atoms with Crippen molar-refractivity contribution in [2.75, 3.05) is 7.05 Å². The summed E-state index contributed by atoms with van der Waals surface area (Å²) in [6, 6.07) is 4.53. The monoisotopic (exact) mass is 308 g/mol. The Kier molecular flexibility index (Phi) is 5.24. The van der Waals surface area contributed by atoms with Gasteiger partial charge in [-0.2, -0.15) is 0 Å². The molecule has 0 aliphatic rings. The first-order valence-corrected chi connectivity index (χ1v) is 6.77. The second-order valence-corrected chi connectivity index (χ2v) is 5.94. The third-order valence-electron chi connectivity index (χ3n) is 3.00. The van der Waals surface area contributed by atoms with E-state index in [-0.39, 0.29) is 11.5 Å². The van der Waals surface area contributed by atoms with Crippen LogP contribution in [0.4, 0.5) is 10.5 Å². The van der Waals surface area contributed by atoms with Gasteiger partial charge in [0.1, 0.15) is 5.60 Å². The van der Waals surface area contributed by atoms with Crippen LogP contribution in [-0.4, -0.2) is 40.4 Å². The summed E-state index contributed by atoms with van der Waals surface area (Å²) >= 11 is 0. The van der Waals surface area contributed by atoms with Gasteiger partial charge in [-0.15, -0.1) is 0 Å². The van der Waals surface area contributed by atoms with Crippen molar-refractivity contribution in [3.8, 4) is 0 Å². The second-order valence-electron chi connectivity index (χ2n) is 5.94. The molecule has 1 amide bonds. The normalized spacial score (nSPS) is 12.4. The number of ketones is 1. The van der Waals surface area contributed by atoms with Crippen molar-refractivity contribution in [1.82, 2.24) is 4.90 Å². The first-order chi connectivity index (χ1) is 10.0. The van der Waals surface area contributed by atoms with Crippen LogP contribution >= 0.6 is 0 Å². The minimum Gasteiger partial charge on any atom is -0.444 e. The van der Waals surface area contributed by atoms with Gasteiger partial charge in [-0.05, 0) is 39.8 Å². The number of amides is 1. The van der Waals surface area contributed by atoms with Gasteiger partial charge in [0.05, 0.1) is 11.0 Å². The third-order valence-corrected chi connectivity index (χ3v) is 3.00. The molecule has 0 N–H and O–H groups in total. The molecule has 7 nitrogen and oxygen atoms in total. The molecule has 120 valence electrons. The Labute approximate surface area is 129 Å². The summed E-state index contributed by atoms with van der Waals surface area (Å²) in [5.74, 6) is -0.316. The molecule has 1 aromatic rings. The largest absolute Gasteiger partial charge is 0.444 e. The van der Waals surface area contributed by atoms with Gasteiger partial charge >= 0.3 is 6.09 Å². The van der Waals surface area contributed by atoms with E-state index >= 15 is 0 Å². The Hall–Kier alpha value is -2.44. The zero-order valence-electron chi connectivity index (χ0n) is 13.3. The molecule has 22 heavy (non-hydrogen) atoms. The number of hydrogen-bond donors (Lipinski definition) is 0. The van der Waals surface area contributed by atoms with E-state index in [0.717, 1.165) is 0 Å². The molecule has 0 bridgehead atoms. The summed E-state index contributed by atoms with van der Waals surface area (Å²) in [6.45, 7) is 6.79. The fraction of sp³-hybridized carbons (Fsp3) is 0.467. The van der Waals surface area contributed by atoms with E-state index in [9.17, 15) is 19.7 Å². The average molecular weight is 308 g/mol. The van der Waals surface area contributed by atoms with Crippen LogP contribution in [0.25, 0.3) is 0 Å².